The van der Waals surface area contributed by atoms with E-state index in [2.05, 4.69) is 15.3 Å². The zero-order valence-corrected chi connectivity index (χ0v) is 8.69. The van der Waals surface area contributed by atoms with E-state index >= 15 is 0 Å². The van der Waals surface area contributed by atoms with Crippen molar-refractivity contribution in [1.82, 2.24) is 15.3 Å². The van der Waals surface area contributed by atoms with Gasteiger partial charge in [-0.3, -0.25) is 9.59 Å². The Labute approximate surface area is 91.7 Å². The van der Waals surface area contributed by atoms with E-state index in [-0.39, 0.29) is 23.7 Å². The molecule has 2 heterocycles. The molecule has 1 aliphatic heterocycles. The lowest BCUT2D eigenvalue weighted by Gasteiger charge is -2.20. The molecule has 1 aliphatic rings. The van der Waals surface area contributed by atoms with Crippen LogP contribution in [-0.4, -0.2) is 35.5 Å². The summed E-state index contributed by atoms with van der Waals surface area (Å²) in [4.78, 5) is 30.8. The summed E-state index contributed by atoms with van der Waals surface area (Å²) >= 11 is 0. The van der Waals surface area contributed by atoms with E-state index in [1.165, 1.54) is 6.33 Å². The van der Waals surface area contributed by atoms with Gasteiger partial charge in [-0.15, -0.1) is 0 Å². The first-order valence-corrected chi connectivity index (χ1v) is 5.03. The van der Waals surface area contributed by atoms with Crippen LogP contribution in [0.2, 0.25) is 0 Å². The van der Waals surface area contributed by atoms with Crippen molar-refractivity contribution >= 4 is 17.4 Å². The third kappa shape index (κ3) is 1.97. The number of amides is 1. The predicted octanol–water partition coefficient (Wildman–Crippen LogP) is -1.32. The molecule has 0 atom stereocenters. The van der Waals surface area contributed by atoms with Gasteiger partial charge in [0.25, 0.3) is 5.56 Å². The Balaban J connectivity index is 2.32. The molecule has 4 N–H and O–H groups in total. The number of nitrogens with one attached hydrogen (secondary N) is 2. The van der Waals surface area contributed by atoms with Crippen molar-refractivity contribution in [2.24, 2.45) is 0 Å². The van der Waals surface area contributed by atoms with Crippen LogP contribution in [0.15, 0.2) is 11.1 Å². The van der Waals surface area contributed by atoms with E-state index in [1.807, 2.05) is 0 Å². The molecule has 0 radical (unpaired) electrons. The third-order valence-electron chi connectivity index (χ3n) is 2.43. The molecular weight excluding hydrogens is 210 g/mol. The van der Waals surface area contributed by atoms with Gasteiger partial charge in [0.1, 0.15) is 5.69 Å². The fraction of sp³-hybridized carbons (Fsp3) is 0.444. The number of nitrogens with zero attached hydrogens (tertiary/aromatic N) is 2. The Hall–Kier alpha value is -2.05. The molecule has 2 rings (SSSR count). The minimum Gasteiger partial charge on any atom is -0.391 e. The molecule has 0 aliphatic carbocycles. The summed E-state index contributed by atoms with van der Waals surface area (Å²) < 4.78 is 0. The fourth-order valence-corrected chi connectivity index (χ4v) is 1.64. The normalized spacial score (nSPS) is 16.8. The van der Waals surface area contributed by atoms with Crippen molar-refractivity contribution in [1.29, 1.82) is 0 Å². The van der Waals surface area contributed by atoms with Crippen molar-refractivity contribution in [2.75, 3.05) is 30.3 Å². The fourth-order valence-electron chi connectivity index (χ4n) is 1.64. The maximum Gasteiger partial charge on any atom is 0.276 e. The predicted molar refractivity (Wildman–Crippen MR) is 59.1 cm³/mol. The minimum absolute atomic E-state index is 0.0530. The number of H-pyrrole nitrogens is 1. The van der Waals surface area contributed by atoms with Gasteiger partial charge in [0.15, 0.2) is 5.82 Å². The van der Waals surface area contributed by atoms with Gasteiger partial charge in [-0.25, -0.2) is 4.98 Å². The van der Waals surface area contributed by atoms with Gasteiger partial charge in [-0.05, 0) is 6.42 Å². The number of aromatic nitrogens is 2. The molecular formula is C9H13N5O2. The number of nitrogens with two attached hydrogens (primary N) is 1. The number of anilines is 2. The molecule has 16 heavy (non-hydrogen) atoms. The van der Waals surface area contributed by atoms with E-state index in [0.717, 1.165) is 6.42 Å². The topological polar surface area (TPSA) is 104 Å². The van der Waals surface area contributed by atoms with E-state index in [9.17, 15) is 9.59 Å². The molecule has 0 unspecified atom stereocenters. The number of hydrogen-bond acceptors (Lipinski definition) is 5. The van der Waals surface area contributed by atoms with E-state index < -0.39 is 0 Å². The van der Waals surface area contributed by atoms with Crippen LogP contribution in [0.25, 0.3) is 0 Å². The zero-order valence-electron chi connectivity index (χ0n) is 8.69. The first-order valence-electron chi connectivity index (χ1n) is 5.03. The summed E-state index contributed by atoms with van der Waals surface area (Å²) in [6.07, 6.45) is 2.09. The molecule has 0 bridgehead atoms. The highest BCUT2D eigenvalue weighted by Crippen LogP contribution is 2.15. The average Bonchev–Trinajstić information content (AvgIpc) is 2.47. The van der Waals surface area contributed by atoms with Gasteiger partial charge >= 0.3 is 0 Å². The standard InChI is InChI=1S/C9H13N5O2/c10-7-8(12-5-13-9(7)16)14-3-1-2-11-6(15)4-14/h5H,1-4,10H2,(H,11,15)(H,12,13,16). The van der Waals surface area contributed by atoms with Crippen molar-refractivity contribution in [3.8, 4) is 0 Å². The lowest BCUT2D eigenvalue weighted by Crippen LogP contribution is -2.35. The maximum atomic E-state index is 11.4. The number of aromatic amines is 1. The zero-order chi connectivity index (χ0) is 11.5. The molecule has 86 valence electrons. The molecule has 1 amide bonds. The molecule has 7 heteroatoms. The van der Waals surface area contributed by atoms with Crippen LogP contribution in [-0.2, 0) is 4.79 Å². The van der Waals surface area contributed by atoms with E-state index in [0.29, 0.717) is 18.9 Å². The van der Waals surface area contributed by atoms with Crippen molar-refractivity contribution in [3.63, 3.8) is 0 Å². The SMILES string of the molecule is Nc1c(N2CCCNC(=O)C2)nc[nH]c1=O. The van der Waals surface area contributed by atoms with Crippen molar-refractivity contribution < 1.29 is 4.79 Å². The van der Waals surface area contributed by atoms with Gasteiger partial charge in [0.05, 0.1) is 12.9 Å². The van der Waals surface area contributed by atoms with Crippen LogP contribution in [0.5, 0.6) is 0 Å². The Bertz CT molecular complexity index is 455. The highest BCUT2D eigenvalue weighted by Gasteiger charge is 2.18. The Morgan fingerprint density at radius 2 is 2.25 bits per heavy atom. The number of rotatable bonds is 1. The van der Waals surface area contributed by atoms with Gasteiger partial charge in [0.2, 0.25) is 5.91 Å². The second-order valence-electron chi connectivity index (χ2n) is 3.59. The molecule has 1 aromatic rings. The van der Waals surface area contributed by atoms with E-state index in [4.69, 9.17) is 5.73 Å². The quantitative estimate of drug-likeness (QED) is 0.547. The second-order valence-corrected chi connectivity index (χ2v) is 3.59. The van der Waals surface area contributed by atoms with Gasteiger partial charge in [-0.2, -0.15) is 0 Å². The summed E-state index contributed by atoms with van der Waals surface area (Å²) in [7, 11) is 0. The van der Waals surface area contributed by atoms with Crippen LogP contribution in [0.1, 0.15) is 6.42 Å². The minimum atomic E-state index is -0.380. The van der Waals surface area contributed by atoms with Crippen LogP contribution < -0.4 is 21.5 Å². The lowest BCUT2D eigenvalue weighted by atomic mass is 10.3. The summed E-state index contributed by atoms with van der Waals surface area (Å²) in [5.74, 6) is 0.291. The molecule has 1 saturated heterocycles. The number of carbonyl (C=O) groups is 1. The van der Waals surface area contributed by atoms with Crippen molar-refractivity contribution in [2.45, 2.75) is 6.42 Å². The lowest BCUT2D eigenvalue weighted by molar-refractivity contribution is -0.119. The Morgan fingerprint density at radius 1 is 1.44 bits per heavy atom. The monoisotopic (exact) mass is 223 g/mol. The molecule has 7 nitrogen and oxygen atoms in total. The van der Waals surface area contributed by atoms with Crippen LogP contribution in [0, 0.1) is 0 Å². The van der Waals surface area contributed by atoms with Crippen LogP contribution in [0.4, 0.5) is 11.5 Å². The number of hydrogen-bond donors (Lipinski definition) is 3. The Morgan fingerprint density at radius 3 is 3.06 bits per heavy atom. The Kier molecular flexibility index (Phi) is 2.76. The third-order valence-corrected chi connectivity index (χ3v) is 2.43. The first-order chi connectivity index (χ1) is 7.68. The van der Waals surface area contributed by atoms with Crippen molar-refractivity contribution in [3.05, 3.63) is 16.7 Å². The molecule has 0 saturated carbocycles. The maximum absolute atomic E-state index is 11.4. The molecule has 0 aromatic carbocycles. The smallest absolute Gasteiger partial charge is 0.276 e. The van der Waals surface area contributed by atoms with Crippen LogP contribution >= 0.6 is 0 Å². The molecule has 0 spiro atoms. The summed E-state index contributed by atoms with van der Waals surface area (Å²) in [6.45, 7) is 1.47. The number of carbonyl (C=O) groups excluding carboxylic acids is 1. The molecule has 1 fully saturated rings. The summed E-state index contributed by atoms with van der Waals surface area (Å²) in [5, 5.41) is 2.74. The average molecular weight is 223 g/mol. The highest BCUT2D eigenvalue weighted by atomic mass is 16.2. The van der Waals surface area contributed by atoms with E-state index in [1.54, 1.807) is 4.90 Å². The largest absolute Gasteiger partial charge is 0.391 e. The summed E-state index contributed by atoms with van der Waals surface area (Å²) in [5.41, 5.74) is 5.30. The molecule has 1 aromatic heterocycles. The highest BCUT2D eigenvalue weighted by molar-refractivity contribution is 5.82. The first kappa shape index (κ1) is 10.5. The second kappa shape index (κ2) is 4.21. The van der Waals surface area contributed by atoms with Crippen LogP contribution in [0.3, 0.4) is 0 Å². The van der Waals surface area contributed by atoms with Gasteiger partial charge in [-0.1, -0.05) is 0 Å². The van der Waals surface area contributed by atoms with Gasteiger partial charge < -0.3 is 20.9 Å². The summed E-state index contributed by atoms with van der Waals surface area (Å²) in [6, 6.07) is 0. The van der Waals surface area contributed by atoms with Gasteiger partial charge in [0, 0.05) is 13.1 Å². The number of nitrogen functional groups attached to an aromatic ring is 1.